The van der Waals surface area contributed by atoms with Crippen LogP contribution in [0.15, 0.2) is 36.5 Å². The number of pyridine rings is 1. The van der Waals surface area contributed by atoms with E-state index >= 15 is 0 Å². The summed E-state index contributed by atoms with van der Waals surface area (Å²) in [4.78, 5) is 18.9. The Balaban J connectivity index is 1.50. The molecular formula is C19H21Cl2N3O. The Labute approximate surface area is 158 Å². The maximum Gasteiger partial charge on any atom is 0.224 e. The smallest absolute Gasteiger partial charge is 0.224 e. The Morgan fingerprint density at radius 1 is 1.04 bits per heavy atom. The van der Waals surface area contributed by atoms with Crippen LogP contribution in [-0.2, 0) is 17.8 Å². The molecular weight excluding hydrogens is 357 g/mol. The Bertz CT molecular complexity index is 728. The topological polar surface area (TPSA) is 45.2 Å². The highest BCUT2D eigenvalue weighted by Gasteiger charge is 2.12. The SMILES string of the molecule is O=C(Cc1ccc(Cl)c(Cl)c1)NCc1ccc(N2CCCCC2)nc1. The summed E-state index contributed by atoms with van der Waals surface area (Å²) in [6.07, 6.45) is 5.88. The largest absolute Gasteiger partial charge is 0.357 e. The number of carbonyl (C=O) groups is 1. The molecule has 0 aliphatic carbocycles. The molecule has 25 heavy (non-hydrogen) atoms. The van der Waals surface area contributed by atoms with Crippen molar-refractivity contribution < 1.29 is 4.79 Å². The highest BCUT2D eigenvalue weighted by Crippen LogP contribution is 2.22. The zero-order valence-electron chi connectivity index (χ0n) is 14.0. The fourth-order valence-corrected chi connectivity index (χ4v) is 3.25. The first-order valence-electron chi connectivity index (χ1n) is 8.52. The summed E-state index contributed by atoms with van der Waals surface area (Å²) >= 11 is 11.9. The minimum atomic E-state index is -0.0569. The van der Waals surface area contributed by atoms with E-state index < -0.39 is 0 Å². The van der Waals surface area contributed by atoms with Crippen molar-refractivity contribution in [2.45, 2.75) is 32.2 Å². The predicted molar refractivity (Wildman–Crippen MR) is 102 cm³/mol. The third-order valence-corrected chi connectivity index (χ3v) is 5.07. The van der Waals surface area contributed by atoms with E-state index in [1.54, 1.807) is 12.1 Å². The van der Waals surface area contributed by atoms with Crippen molar-refractivity contribution in [2.24, 2.45) is 0 Å². The number of rotatable bonds is 5. The fraction of sp³-hybridized carbons (Fsp3) is 0.368. The van der Waals surface area contributed by atoms with Gasteiger partial charge in [0.1, 0.15) is 5.82 Å². The first-order valence-corrected chi connectivity index (χ1v) is 9.28. The zero-order chi connectivity index (χ0) is 17.6. The number of aromatic nitrogens is 1. The number of hydrogen-bond acceptors (Lipinski definition) is 3. The van der Waals surface area contributed by atoms with Crippen molar-refractivity contribution in [1.29, 1.82) is 0 Å². The first-order chi connectivity index (χ1) is 12.1. The minimum Gasteiger partial charge on any atom is -0.357 e. The number of halogens is 2. The van der Waals surface area contributed by atoms with Gasteiger partial charge in [-0.3, -0.25) is 4.79 Å². The van der Waals surface area contributed by atoms with Gasteiger partial charge in [0.15, 0.2) is 0 Å². The standard InChI is InChI=1S/C19H21Cl2N3O/c20-16-6-4-14(10-17(16)21)11-19(25)23-13-15-5-7-18(22-12-15)24-8-2-1-3-9-24/h4-7,10,12H,1-3,8-9,11,13H2,(H,23,25). The molecule has 6 heteroatoms. The number of carbonyl (C=O) groups excluding carboxylic acids is 1. The lowest BCUT2D eigenvalue weighted by molar-refractivity contribution is -0.120. The maximum absolute atomic E-state index is 12.1. The molecule has 1 aliphatic heterocycles. The Kier molecular flexibility index (Phi) is 6.16. The molecule has 3 rings (SSSR count). The van der Waals surface area contributed by atoms with E-state index in [4.69, 9.17) is 23.2 Å². The summed E-state index contributed by atoms with van der Waals surface area (Å²) < 4.78 is 0. The molecule has 1 N–H and O–H groups in total. The van der Waals surface area contributed by atoms with Crippen molar-refractivity contribution in [3.05, 3.63) is 57.7 Å². The van der Waals surface area contributed by atoms with Crippen molar-refractivity contribution in [2.75, 3.05) is 18.0 Å². The van der Waals surface area contributed by atoms with Crippen LogP contribution < -0.4 is 10.2 Å². The average Bonchev–Trinajstić information content (AvgIpc) is 2.64. The predicted octanol–water partition coefficient (Wildman–Crippen LogP) is 4.24. The summed E-state index contributed by atoms with van der Waals surface area (Å²) in [6, 6.07) is 9.29. The number of nitrogens with one attached hydrogen (secondary N) is 1. The van der Waals surface area contributed by atoms with Crippen LogP contribution in [0, 0.1) is 0 Å². The summed E-state index contributed by atoms with van der Waals surface area (Å²) in [5.41, 5.74) is 1.83. The van der Waals surface area contributed by atoms with Gasteiger partial charge in [-0.15, -0.1) is 0 Å². The van der Waals surface area contributed by atoms with Crippen LogP contribution in [0.5, 0.6) is 0 Å². The third kappa shape index (κ3) is 5.10. The van der Waals surface area contributed by atoms with Crippen molar-refractivity contribution in [3.63, 3.8) is 0 Å². The van der Waals surface area contributed by atoms with Gasteiger partial charge in [0.2, 0.25) is 5.91 Å². The molecule has 0 bridgehead atoms. The number of amides is 1. The van der Waals surface area contributed by atoms with Crippen LogP contribution >= 0.6 is 23.2 Å². The van der Waals surface area contributed by atoms with Gasteiger partial charge in [-0.05, 0) is 48.6 Å². The number of nitrogens with zero attached hydrogens (tertiary/aromatic N) is 2. The van der Waals surface area contributed by atoms with E-state index in [2.05, 4.69) is 15.2 Å². The lowest BCUT2D eigenvalue weighted by Crippen LogP contribution is -2.30. The van der Waals surface area contributed by atoms with E-state index in [-0.39, 0.29) is 12.3 Å². The monoisotopic (exact) mass is 377 g/mol. The van der Waals surface area contributed by atoms with Gasteiger partial charge in [-0.2, -0.15) is 0 Å². The lowest BCUT2D eigenvalue weighted by atomic mass is 10.1. The van der Waals surface area contributed by atoms with Gasteiger partial charge in [0, 0.05) is 25.8 Å². The quantitative estimate of drug-likeness (QED) is 0.847. The van der Waals surface area contributed by atoms with Crippen LogP contribution in [0.2, 0.25) is 10.0 Å². The number of piperidine rings is 1. The van der Waals surface area contributed by atoms with E-state index in [0.717, 1.165) is 30.0 Å². The van der Waals surface area contributed by atoms with E-state index in [0.29, 0.717) is 16.6 Å². The summed E-state index contributed by atoms with van der Waals surface area (Å²) in [6.45, 7) is 2.62. The summed E-state index contributed by atoms with van der Waals surface area (Å²) in [5.74, 6) is 0.962. The summed E-state index contributed by atoms with van der Waals surface area (Å²) in [5, 5.41) is 3.87. The molecule has 132 valence electrons. The lowest BCUT2D eigenvalue weighted by Gasteiger charge is -2.27. The molecule has 2 aromatic rings. The van der Waals surface area contributed by atoms with Crippen LogP contribution in [0.25, 0.3) is 0 Å². The second-order valence-corrected chi connectivity index (χ2v) is 7.09. The molecule has 1 aliphatic rings. The Hall–Kier alpha value is -1.78. The molecule has 1 saturated heterocycles. The zero-order valence-corrected chi connectivity index (χ0v) is 15.5. The van der Waals surface area contributed by atoms with Crippen LogP contribution in [0.3, 0.4) is 0 Å². The molecule has 0 saturated carbocycles. The molecule has 0 spiro atoms. The van der Waals surface area contributed by atoms with E-state index in [1.807, 2.05) is 24.4 Å². The summed E-state index contributed by atoms with van der Waals surface area (Å²) in [7, 11) is 0. The van der Waals surface area contributed by atoms with Gasteiger partial charge in [-0.1, -0.05) is 35.3 Å². The molecule has 1 fully saturated rings. The normalized spacial score (nSPS) is 14.4. The molecule has 1 amide bonds. The number of benzene rings is 1. The molecule has 1 aromatic heterocycles. The second kappa shape index (κ2) is 8.54. The second-order valence-electron chi connectivity index (χ2n) is 6.27. The average molecular weight is 378 g/mol. The van der Waals surface area contributed by atoms with E-state index in [1.165, 1.54) is 19.3 Å². The van der Waals surface area contributed by atoms with Crippen molar-refractivity contribution >= 4 is 34.9 Å². The molecule has 0 radical (unpaired) electrons. The first kappa shape index (κ1) is 18.0. The van der Waals surface area contributed by atoms with E-state index in [9.17, 15) is 4.79 Å². The number of anilines is 1. The van der Waals surface area contributed by atoms with Gasteiger partial charge in [0.25, 0.3) is 0 Å². The van der Waals surface area contributed by atoms with Gasteiger partial charge in [-0.25, -0.2) is 4.98 Å². The highest BCUT2D eigenvalue weighted by atomic mass is 35.5. The van der Waals surface area contributed by atoms with Gasteiger partial charge >= 0.3 is 0 Å². The third-order valence-electron chi connectivity index (χ3n) is 4.33. The van der Waals surface area contributed by atoms with Crippen molar-refractivity contribution in [3.8, 4) is 0 Å². The maximum atomic E-state index is 12.1. The van der Waals surface area contributed by atoms with Gasteiger partial charge in [0.05, 0.1) is 16.5 Å². The van der Waals surface area contributed by atoms with Crippen LogP contribution in [0.4, 0.5) is 5.82 Å². The minimum absolute atomic E-state index is 0.0569. The molecule has 0 atom stereocenters. The van der Waals surface area contributed by atoms with Gasteiger partial charge < -0.3 is 10.2 Å². The Morgan fingerprint density at radius 3 is 2.48 bits per heavy atom. The highest BCUT2D eigenvalue weighted by molar-refractivity contribution is 6.42. The number of hydrogen-bond donors (Lipinski definition) is 1. The van der Waals surface area contributed by atoms with Crippen LogP contribution in [0.1, 0.15) is 30.4 Å². The van der Waals surface area contributed by atoms with Crippen molar-refractivity contribution in [1.82, 2.24) is 10.3 Å². The molecule has 1 aromatic carbocycles. The fourth-order valence-electron chi connectivity index (χ4n) is 2.93. The Morgan fingerprint density at radius 2 is 1.80 bits per heavy atom. The molecule has 0 unspecified atom stereocenters. The van der Waals surface area contributed by atoms with Crippen LogP contribution in [-0.4, -0.2) is 24.0 Å². The molecule has 4 nitrogen and oxygen atoms in total. The molecule has 2 heterocycles.